The summed E-state index contributed by atoms with van der Waals surface area (Å²) < 4.78 is 0. The molecule has 0 heterocycles. The Morgan fingerprint density at radius 1 is 0.950 bits per heavy atom. The van der Waals surface area contributed by atoms with Gasteiger partial charge in [-0.2, -0.15) is 0 Å². The van der Waals surface area contributed by atoms with Crippen molar-refractivity contribution < 1.29 is 4.79 Å². The van der Waals surface area contributed by atoms with Gasteiger partial charge in [-0.3, -0.25) is 4.79 Å². The predicted molar refractivity (Wildman–Crippen MR) is 85.9 cm³/mol. The number of hydrogen-bond donors (Lipinski definition) is 1. The van der Waals surface area contributed by atoms with Crippen LogP contribution < -0.4 is 5.32 Å². The molecule has 0 aromatic rings. The van der Waals surface area contributed by atoms with Crippen LogP contribution in [0.3, 0.4) is 0 Å². The number of unbranched alkanes of at least 4 members (excludes halogenated alkanes) is 6. The van der Waals surface area contributed by atoms with Crippen molar-refractivity contribution in [1.82, 2.24) is 10.2 Å². The Labute approximate surface area is 125 Å². The molecule has 1 rings (SSSR count). The molecular formula is C17H34N2O. The molecule has 0 aromatic heterocycles. The molecule has 1 aliphatic rings. The summed E-state index contributed by atoms with van der Waals surface area (Å²) in [5.74, 6) is 0.310. The van der Waals surface area contributed by atoms with Gasteiger partial charge in [0.15, 0.2) is 0 Å². The van der Waals surface area contributed by atoms with E-state index >= 15 is 0 Å². The van der Waals surface area contributed by atoms with Crippen molar-refractivity contribution in [2.75, 3.05) is 19.6 Å². The van der Waals surface area contributed by atoms with Gasteiger partial charge in [0.05, 0.1) is 6.54 Å². The topological polar surface area (TPSA) is 32.3 Å². The van der Waals surface area contributed by atoms with Gasteiger partial charge < -0.3 is 10.2 Å². The first-order chi connectivity index (χ1) is 9.77. The summed E-state index contributed by atoms with van der Waals surface area (Å²) in [4.78, 5) is 14.4. The van der Waals surface area contributed by atoms with E-state index in [0.717, 1.165) is 25.9 Å². The van der Waals surface area contributed by atoms with Crippen molar-refractivity contribution in [3.63, 3.8) is 0 Å². The maximum atomic E-state index is 12.3. The third-order valence-electron chi connectivity index (χ3n) is 4.04. The largest absolute Gasteiger partial charge is 0.342 e. The summed E-state index contributed by atoms with van der Waals surface area (Å²) in [7, 11) is 0. The molecule has 0 bridgehead atoms. The van der Waals surface area contributed by atoms with Gasteiger partial charge in [0, 0.05) is 19.1 Å². The Kier molecular flexibility index (Phi) is 9.73. The van der Waals surface area contributed by atoms with E-state index in [1.54, 1.807) is 0 Å². The molecule has 20 heavy (non-hydrogen) atoms. The molecule has 1 aliphatic carbocycles. The molecule has 118 valence electrons. The SMILES string of the molecule is CCCCCCN(CCCCCC)C(=O)CNC1CC1. The molecule has 0 atom stereocenters. The van der Waals surface area contributed by atoms with Gasteiger partial charge in [0.25, 0.3) is 0 Å². The number of carbonyl (C=O) groups is 1. The van der Waals surface area contributed by atoms with E-state index in [1.807, 2.05) is 0 Å². The van der Waals surface area contributed by atoms with Crippen LogP contribution in [-0.2, 0) is 4.79 Å². The molecule has 0 saturated heterocycles. The zero-order chi connectivity index (χ0) is 14.6. The van der Waals surface area contributed by atoms with Crippen molar-refractivity contribution in [3.05, 3.63) is 0 Å². The smallest absolute Gasteiger partial charge is 0.236 e. The van der Waals surface area contributed by atoms with Gasteiger partial charge in [0.1, 0.15) is 0 Å². The summed E-state index contributed by atoms with van der Waals surface area (Å²) in [6, 6.07) is 0.626. The van der Waals surface area contributed by atoms with E-state index < -0.39 is 0 Å². The number of nitrogens with one attached hydrogen (secondary N) is 1. The van der Waals surface area contributed by atoms with E-state index in [0.29, 0.717) is 18.5 Å². The molecule has 1 fully saturated rings. The van der Waals surface area contributed by atoms with Crippen LogP contribution in [0.2, 0.25) is 0 Å². The second-order valence-electron chi connectivity index (χ2n) is 6.16. The Morgan fingerprint density at radius 2 is 1.50 bits per heavy atom. The molecule has 0 radical (unpaired) electrons. The van der Waals surface area contributed by atoms with Crippen LogP contribution in [0.4, 0.5) is 0 Å². The van der Waals surface area contributed by atoms with Gasteiger partial charge in [0.2, 0.25) is 5.91 Å². The summed E-state index contributed by atoms with van der Waals surface area (Å²) in [6.07, 6.45) is 12.4. The summed E-state index contributed by atoms with van der Waals surface area (Å²) in [5.41, 5.74) is 0. The Hall–Kier alpha value is -0.570. The second-order valence-corrected chi connectivity index (χ2v) is 6.16. The number of amides is 1. The second kappa shape index (κ2) is 11.1. The quantitative estimate of drug-likeness (QED) is 0.522. The number of nitrogens with zero attached hydrogens (tertiary/aromatic N) is 1. The van der Waals surface area contributed by atoms with Gasteiger partial charge in [-0.15, -0.1) is 0 Å². The Bertz CT molecular complexity index is 239. The lowest BCUT2D eigenvalue weighted by Gasteiger charge is -2.23. The molecule has 0 unspecified atom stereocenters. The standard InChI is InChI=1S/C17H34N2O/c1-3-5-7-9-13-19(14-10-8-6-4-2)17(20)15-18-16-11-12-16/h16,18H,3-15H2,1-2H3. The van der Waals surface area contributed by atoms with Crippen LogP contribution >= 0.6 is 0 Å². The van der Waals surface area contributed by atoms with Gasteiger partial charge in [-0.05, 0) is 25.7 Å². The minimum atomic E-state index is 0.310. The molecule has 3 nitrogen and oxygen atoms in total. The van der Waals surface area contributed by atoms with Crippen LogP contribution in [0.5, 0.6) is 0 Å². The lowest BCUT2D eigenvalue weighted by molar-refractivity contribution is -0.130. The Morgan fingerprint density at radius 3 is 1.95 bits per heavy atom. The van der Waals surface area contributed by atoms with E-state index in [2.05, 4.69) is 24.1 Å². The summed E-state index contributed by atoms with van der Waals surface area (Å²) >= 11 is 0. The highest BCUT2D eigenvalue weighted by Gasteiger charge is 2.22. The van der Waals surface area contributed by atoms with E-state index in [-0.39, 0.29) is 0 Å². The maximum absolute atomic E-state index is 12.3. The van der Waals surface area contributed by atoms with Crippen molar-refractivity contribution in [2.45, 2.75) is 84.1 Å². The number of carbonyl (C=O) groups excluding carboxylic acids is 1. The van der Waals surface area contributed by atoms with E-state index in [1.165, 1.54) is 51.4 Å². The van der Waals surface area contributed by atoms with E-state index in [9.17, 15) is 4.79 Å². The molecule has 1 saturated carbocycles. The predicted octanol–water partition coefficient (Wildman–Crippen LogP) is 3.73. The average molecular weight is 282 g/mol. The van der Waals surface area contributed by atoms with Gasteiger partial charge in [-0.1, -0.05) is 52.4 Å². The molecule has 0 spiro atoms. The first kappa shape index (κ1) is 17.5. The van der Waals surface area contributed by atoms with Crippen LogP contribution in [0.1, 0.15) is 78.1 Å². The molecule has 0 aromatic carbocycles. The minimum absolute atomic E-state index is 0.310. The fraction of sp³-hybridized carbons (Fsp3) is 0.941. The van der Waals surface area contributed by atoms with Gasteiger partial charge in [-0.25, -0.2) is 0 Å². The zero-order valence-corrected chi connectivity index (χ0v) is 13.6. The van der Waals surface area contributed by atoms with Crippen LogP contribution in [0.25, 0.3) is 0 Å². The Balaban J connectivity index is 2.21. The van der Waals surface area contributed by atoms with Crippen LogP contribution in [0.15, 0.2) is 0 Å². The number of hydrogen-bond acceptors (Lipinski definition) is 2. The lowest BCUT2D eigenvalue weighted by Crippen LogP contribution is -2.40. The van der Waals surface area contributed by atoms with Crippen LogP contribution in [-0.4, -0.2) is 36.5 Å². The number of rotatable bonds is 13. The third-order valence-corrected chi connectivity index (χ3v) is 4.04. The maximum Gasteiger partial charge on any atom is 0.236 e. The summed E-state index contributed by atoms with van der Waals surface area (Å²) in [6.45, 7) is 6.92. The highest BCUT2D eigenvalue weighted by atomic mass is 16.2. The third kappa shape index (κ3) is 8.57. The fourth-order valence-corrected chi connectivity index (χ4v) is 2.45. The van der Waals surface area contributed by atoms with Crippen molar-refractivity contribution in [2.24, 2.45) is 0 Å². The van der Waals surface area contributed by atoms with Crippen molar-refractivity contribution in [1.29, 1.82) is 0 Å². The molecule has 3 heteroatoms. The monoisotopic (exact) mass is 282 g/mol. The molecular weight excluding hydrogens is 248 g/mol. The molecule has 1 amide bonds. The van der Waals surface area contributed by atoms with Crippen LogP contribution in [0, 0.1) is 0 Å². The fourth-order valence-electron chi connectivity index (χ4n) is 2.45. The van der Waals surface area contributed by atoms with Crippen molar-refractivity contribution >= 4 is 5.91 Å². The first-order valence-electron chi connectivity index (χ1n) is 8.79. The lowest BCUT2D eigenvalue weighted by atomic mass is 10.1. The summed E-state index contributed by atoms with van der Waals surface area (Å²) in [5, 5.41) is 3.35. The molecule has 1 N–H and O–H groups in total. The zero-order valence-electron chi connectivity index (χ0n) is 13.6. The highest BCUT2D eigenvalue weighted by molar-refractivity contribution is 5.78. The normalized spacial score (nSPS) is 14.5. The minimum Gasteiger partial charge on any atom is -0.342 e. The highest BCUT2D eigenvalue weighted by Crippen LogP contribution is 2.18. The van der Waals surface area contributed by atoms with Gasteiger partial charge >= 0.3 is 0 Å². The molecule has 0 aliphatic heterocycles. The van der Waals surface area contributed by atoms with E-state index in [4.69, 9.17) is 0 Å². The first-order valence-corrected chi connectivity index (χ1v) is 8.79. The average Bonchev–Trinajstić information content (AvgIpc) is 3.27. The van der Waals surface area contributed by atoms with Crippen molar-refractivity contribution in [3.8, 4) is 0 Å².